The molecular formula is C15H14FNO2. The van der Waals surface area contributed by atoms with E-state index in [0.29, 0.717) is 18.7 Å². The Labute approximate surface area is 110 Å². The number of hydrogen-bond donors (Lipinski definition) is 1. The van der Waals surface area contributed by atoms with Gasteiger partial charge in [0.15, 0.2) is 0 Å². The van der Waals surface area contributed by atoms with Crippen molar-refractivity contribution in [2.75, 3.05) is 18.1 Å². The van der Waals surface area contributed by atoms with Crippen LogP contribution in [0, 0.1) is 5.82 Å². The average molecular weight is 259 g/mol. The van der Waals surface area contributed by atoms with Crippen LogP contribution in [-0.2, 0) is 6.54 Å². The highest BCUT2D eigenvalue weighted by Gasteiger charge is 2.18. The van der Waals surface area contributed by atoms with E-state index >= 15 is 0 Å². The molecular weight excluding hydrogens is 245 g/mol. The smallest absolute Gasteiger partial charge is 0.142 e. The van der Waals surface area contributed by atoms with Crippen molar-refractivity contribution in [3.05, 3.63) is 53.8 Å². The fourth-order valence-electron chi connectivity index (χ4n) is 2.26. The van der Waals surface area contributed by atoms with Crippen LogP contribution in [0.2, 0.25) is 0 Å². The van der Waals surface area contributed by atoms with Crippen molar-refractivity contribution >= 4 is 5.69 Å². The summed E-state index contributed by atoms with van der Waals surface area (Å²) in [6, 6.07) is 12.0. The second-order valence-corrected chi connectivity index (χ2v) is 4.51. The highest BCUT2D eigenvalue weighted by atomic mass is 19.1. The average Bonchev–Trinajstić information content (AvgIpc) is 2.42. The summed E-state index contributed by atoms with van der Waals surface area (Å²) in [6.07, 6.45) is 0. The van der Waals surface area contributed by atoms with Gasteiger partial charge in [-0.2, -0.15) is 0 Å². The fourth-order valence-corrected chi connectivity index (χ4v) is 2.26. The number of anilines is 1. The first-order valence-corrected chi connectivity index (χ1v) is 6.18. The number of phenols is 1. The molecule has 1 N–H and O–H groups in total. The summed E-state index contributed by atoms with van der Waals surface area (Å²) in [6.45, 7) is 1.78. The third kappa shape index (κ3) is 2.34. The Bertz CT molecular complexity index is 600. The van der Waals surface area contributed by atoms with Gasteiger partial charge in [-0.15, -0.1) is 0 Å². The Kier molecular flexibility index (Phi) is 2.99. The SMILES string of the molecule is Oc1ccc(CN2CCOc3ccccc32)c(F)c1. The molecule has 2 aromatic carbocycles. The lowest BCUT2D eigenvalue weighted by atomic mass is 10.1. The van der Waals surface area contributed by atoms with E-state index in [-0.39, 0.29) is 11.6 Å². The number of halogens is 1. The predicted octanol–water partition coefficient (Wildman–Crippen LogP) is 2.93. The first-order chi connectivity index (χ1) is 9.24. The number of fused-ring (bicyclic) bond motifs is 1. The third-order valence-corrected chi connectivity index (χ3v) is 3.22. The molecule has 0 bridgehead atoms. The topological polar surface area (TPSA) is 32.7 Å². The van der Waals surface area contributed by atoms with Gasteiger partial charge in [-0.3, -0.25) is 0 Å². The van der Waals surface area contributed by atoms with Crippen LogP contribution in [0.4, 0.5) is 10.1 Å². The quantitative estimate of drug-likeness (QED) is 0.900. The zero-order valence-electron chi connectivity index (χ0n) is 10.3. The number of phenolic OH excluding ortho intramolecular Hbond substituents is 1. The molecule has 0 saturated heterocycles. The van der Waals surface area contributed by atoms with Crippen molar-refractivity contribution in [3.63, 3.8) is 0 Å². The van der Waals surface area contributed by atoms with Gasteiger partial charge < -0.3 is 14.7 Å². The molecule has 1 aliphatic rings. The van der Waals surface area contributed by atoms with Crippen molar-refractivity contribution in [2.24, 2.45) is 0 Å². The Hall–Kier alpha value is -2.23. The maximum atomic E-state index is 13.8. The lowest BCUT2D eigenvalue weighted by Crippen LogP contribution is -2.32. The van der Waals surface area contributed by atoms with Crippen LogP contribution in [0.3, 0.4) is 0 Å². The summed E-state index contributed by atoms with van der Waals surface area (Å²) < 4.78 is 19.3. The second-order valence-electron chi connectivity index (χ2n) is 4.51. The molecule has 0 spiro atoms. The van der Waals surface area contributed by atoms with E-state index in [2.05, 4.69) is 4.90 Å². The number of para-hydroxylation sites is 2. The molecule has 0 saturated carbocycles. The number of ether oxygens (including phenoxy) is 1. The minimum absolute atomic E-state index is 0.0522. The Balaban J connectivity index is 1.88. The number of rotatable bonds is 2. The molecule has 19 heavy (non-hydrogen) atoms. The third-order valence-electron chi connectivity index (χ3n) is 3.22. The van der Waals surface area contributed by atoms with Crippen molar-refractivity contribution in [2.45, 2.75) is 6.54 Å². The van der Waals surface area contributed by atoms with E-state index in [1.54, 1.807) is 6.07 Å². The normalized spacial score (nSPS) is 13.8. The molecule has 0 radical (unpaired) electrons. The van der Waals surface area contributed by atoms with Crippen molar-refractivity contribution in [3.8, 4) is 11.5 Å². The zero-order valence-corrected chi connectivity index (χ0v) is 10.3. The molecule has 1 aliphatic heterocycles. The standard InChI is InChI=1S/C15H14FNO2/c16-13-9-12(18)6-5-11(13)10-17-7-8-19-15-4-2-1-3-14(15)17/h1-6,9,18H,7-8,10H2. The first-order valence-electron chi connectivity index (χ1n) is 6.18. The Morgan fingerprint density at radius 2 is 2.05 bits per heavy atom. The van der Waals surface area contributed by atoms with E-state index in [0.717, 1.165) is 24.0 Å². The number of benzene rings is 2. The van der Waals surface area contributed by atoms with Gasteiger partial charge in [0.05, 0.1) is 12.2 Å². The van der Waals surface area contributed by atoms with Crippen molar-refractivity contribution in [1.82, 2.24) is 0 Å². The molecule has 3 rings (SSSR count). The van der Waals surface area contributed by atoms with Gasteiger partial charge >= 0.3 is 0 Å². The monoisotopic (exact) mass is 259 g/mol. The summed E-state index contributed by atoms with van der Waals surface area (Å²) in [5.41, 5.74) is 1.54. The molecule has 0 aromatic heterocycles. The van der Waals surface area contributed by atoms with Crippen LogP contribution in [0.25, 0.3) is 0 Å². The van der Waals surface area contributed by atoms with Gasteiger partial charge in [0, 0.05) is 18.2 Å². The lowest BCUT2D eigenvalue weighted by Gasteiger charge is -2.31. The summed E-state index contributed by atoms with van der Waals surface area (Å²) in [5.74, 6) is 0.389. The van der Waals surface area contributed by atoms with Crippen LogP contribution in [0.15, 0.2) is 42.5 Å². The van der Waals surface area contributed by atoms with E-state index in [9.17, 15) is 9.50 Å². The van der Waals surface area contributed by atoms with Gasteiger partial charge in [-0.1, -0.05) is 18.2 Å². The highest BCUT2D eigenvalue weighted by molar-refractivity contribution is 5.60. The van der Waals surface area contributed by atoms with Gasteiger partial charge in [0.2, 0.25) is 0 Å². The molecule has 0 aliphatic carbocycles. The number of nitrogens with zero attached hydrogens (tertiary/aromatic N) is 1. The summed E-state index contributed by atoms with van der Waals surface area (Å²) in [7, 11) is 0. The van der Waals surface area contributed by atoms with Gasteiger partial charge in [-0.05, 0) is 18.2 Å². The first kappa shape index (κ1) is 11.8. The Morgan fingerprint density at radius 3 is 2.89 bits per heavy atom. The van der Waals surface area contributed by atoms with Crippen molar-refractivity contribution in [1.29, 1.82) is 0 Å². The number of aromatic hydroxyl groups is 1. The molecule has 98 valence electrons. The maximum absolute atomic E-state index is 13.8. The van der Waals surface area contributed by atoms with E-state index in [4.69, 9.17) is 4.74 Å². The molecule has 0 fully saturated rings. The van der Waals surface area contributed by atoms with Gasteiger partial charge in [0.1, 0.15) is 23.9 Å². The second kappa shape index (κ2) is 4.80. The minimum Gasteiger partial charge on any atom is -0.508 e. The van der Waals surface area contributed by atoms with Crippen LogP contribution in [0.1, 0.15) is 5.56 Å². The van der Waals surface area contributed by atoms with Crippen molar-refractivity contribution < 1.29 is 14.2 Å². The summed E-state index contributed by atoms with van der Waals surface area (Å²) in [4.78, 5) is 2.08. The van der Waals surface area contributed by atoms with E-state index in [1.165, 1.54) is 6.07 Å². The van der Waals surface area contributed by atoms with Crippen LogP contribution in [0.5, 0.6) is 11.5 Å². The van der Waals surface area contributed by atoms with Gasteiger partial charge in [0.25, 0.3) is 0 Å². The molecule has 0 unspecified atom stereocenters. The molecule has 3 nitrogen and oxygen atoms in total. The minimum atomic E-state index is -0.385. The molecule has 0 atom stereocenters. The lowest BCUT2D eigenvalue weighted by molar-refractivity contribution is 0.306. The fraction of sp³-hybridized carbons (Fsp3) is 0.200. The van der Waals surface area contributed by atoms with Crippen LogP contribution < -0.4 is 9.64 Å². The molecule has 4 heteroatoms. The highest BCUT2D eigenvalue weighted by Crippen LogP contribution is 2.32. The van der Waals surface area contributed by atoms with E-state index < -0.39 is 0 Å². The van der Waals surface area contributed by atoms with Gasteiger partial charge in [-0.25, -0.2) is 4.39 Å². The molecule has 1 heterocycles. The predicted molar refractivity (Wildman–Crippen MR) is 71.1 cm³/mol. The Morgan fingerprint density at radius 1 is 1.21 bits per heavy atom. The largest absolute Gasteiger partial charge is 0.508 e. The summed E-state index contributed by atoms with van der Waals surface area (Å²) >= 11 is 0. The van der Waals surface area contributed by atoms with E-state index in [1.807, 2.05) is 24.3 Å². The summed E-state index contributed by atoms with van der Waals surface area (Å²) in [5, 5.41) is 9.23. The van der Waals surface area contributed by atoms with Crippen LogP contribution in [-0.4, -0.2) is 18.3 Å². The zero-order chi connectivity index (χ0) is 13.2. The maximum Gasteiger partial charge on any atom is 0.142 e. The number of hydrogen-bond acceptors (Lipinski definition) is 3. The molecule has 2 aromatic rings. The van der Waals surface area contributed by atoms with Crippen LogP contribution >= 0.6 is 0 Å². The molecule has 0 amide bonds.